The fourth-order valence-corrected chi connectivity index (χ4v) is 4.71. The predicted octanol–water partition coefficient (Wildman–Crippen LogP) is 7.72. The summed E-state index contributed by atoms with van der Waals surface area (Å²) >= 11 is 0. The average molecular weight is 443 g/mol. The predicted molar refractivity (Wildman–Crippen MR) is 133 cm³/mol. The molecule has 0 spiro atoms. The number of esters is 1. The van der Waals surface area contributed by atoms with Gasteiger partial charge in [0.15, 0.2) is 0 Å². The van der Waals surface area contributed by atoms with Crippen molar-refractivity contribution in [1.29, 1.82) is 0 Å². The smallest absolute Gasteiger partial charge is 0.343 e. The zero-order valence-corrected chi connectivity index (χ0v) is 20.0. The van der Waals surface area contributed by atoms with Gasteiger partial charge in [-0.2, -0.15) is 0 Å². The van der Waals surface area contributed by atoms with Crippen molar-refractivity contribution in [2.75, 3.05) is 0 Å². The molecule has 0 radical (unpaired) electrons. The van der Waals surface area contributed by atoms with E-state index < -0.39 is 0 Å². The summed E-state index contributed by atoms with van der Waals surface area (Å²) in [6.07, 6.45) is 6.91. The Kier molecular flexibility index (Phi) is 6.88. The van der Waals surface area contributed by atoms with Gasteiger partial charge in [0.1, 0.15) is 17.1 Å². The maximum Gasteiger partial charge on any atom is 0.343 e. The molecule has 172 valence electrons. The standard InChI is InChI=1S/C30H34O3/c1-4-29(2,3)33-27-19-15-25(16-20-27)30(21-9-6-10-22-30)24-13-17-26(18-14-24)32-28(31)23-11-7-5-8-12-23/h5,7-8,11-20H,4,6,9-10,21-22H2,1-3H3. The monoisotopic (exact) mass is 442 g/mol. The Labute approximate surface area is 197 Å². The number of ether oxygens (including phenoxy) is 2. The number of carbonyl (C=O) groups excluding carboxylic acids is 1. The van der Waals surface area contributed by atoms with Crippen LogP contribution in [0.2, 0.25) is 0 Å². The van der Waals surface area contributed by atoms with E-state index in [0.29, 0.717) is 11.3 Å². The molecule has 0 aliphatic heterocycles. The zero-order chi connectivity index (χ0) is 23.3. The molecule has 1 fully saturated rings. The topological polar surface area (TPSA) is 35.5 Å². The van der Waals surface area contributed by atoms with Gasteiger partial charge >= 0.3 is 5.97 Å². The summed E-state index contributed by atoms with van der Waals surface area (Å²) in [6, 6.07) is 25.9. The second-order valence-corrected chi connectivity index (χ2v) is 9.66. The lowest BCUT2D eigenvalue weighted by molar-refractivity contribution is 0.0734. The van der Waals surface area contributed by atoms with E-state index in [1.54, 1.807) is 12.1 Å². The van der Waals surface area contributed by atoms with Crippen molar-refractivity contribution >= 4 is 5.97 Å². The Morgan fingerprint density at radius 1 is 0.788 bits per heavy atom. The minimum Gasteiger partial charge on any atom is -0.488 e. The molecular formula is C30H34O3. The van der Waals surface area contributed by atoms with Crippen LogP contribution in [0.3, 0.4) is 0 Å². The molecule has 0 unspecified atom stereocenters. The van der Waals surface area contributed by atoms with Crippen LogP contribution in [0, 0.1) is 0 Å². The zero-order valence-electron chi connectivity index (χ0n) is 20.0. The van der Waals surface area contributed by atoms with E-state index in [0.717, 1.165) is 25.0 Å². The molecule has 0 atom stereocenters. The molecule has 1 aliphatic rings. The SMILES string of the molecule is CCC(C)(C)Oc1ccc(C2(c3ccc(OC(=O)c4ccccc4)cc3)CCCCC2)cc1. The third-order valence-corrected chi connectivity index (χ3v) is 6.99. The van der Waals surface area contributed by atoms with Crippen molar-refractivity contribution in [2.24, 2.45) is 0 Å². The molecule has 3 nitrogen and oxygen atoms in total. The molecule has 33 heavy (non-hydrogen) atoms. The fraction of sp³-hybridized carbons (Fsp3) is 0.367. The lowest BCUT2D eigenvalue weighted by Gasteiger charge is -2.39. The van der Waals surface area contributed by atoms with Gasteiger partial charge in [0, 0.05) is 5.41 Å². The van der Waals surface area contributed by atoms with Crippen molar-refractivity contribution < 1.29 is 14.3 Å². The lowest BCUT2D eigenvalue weighted by atomic mass is 9.65. The first-order chi connectivity index (χ1) is 15.9. The van der Waals surface area contributed by atoms with Gasteiger partial charge in [-0.15, -0.1) is 0 Å². The number of hydrogen-bond donors (Lipinski definition) is 0. The molecule has 0 bridgehead atoms. The number of rotatable bonds is 7. The molecule has 1 aliphatic carbocycles. The van der Waals surface area contributed by atoms with Gasteiger partial charge in [-0.1, -0.05) is 68.7 Å². The van der Waals surface area contributed by atoms with Crippen molar-refractivity contribution in [1.82, 2.24) is 0 Å². The fourth-order valence-electron chi connectivity index (χ4n) is 4.71. The van der Waals surface area contributed by atoms with Crippen molar-refractivity contribution in [3.63, 3.8) is 0 Å². The highest BCUT2D eigenvalue weighted by Gasteiger charge is 2.35. The van der Waals surface area contributed by atoms with Gasteiger partial charge in [0.25, 0.3) is 0 Å². The minimum atomic E-state index is -0.332. The van der Waals surface area contributed by atoms with Crippen LogP contribution in [0.1, 0.15) is 80.8 Å². The number of benzene rings is 3. The molecule has 3 aromatic carbocycles. The molecule has 0 aromatic heterocycles. The third kappa shape index (κ3) is 5.30. The van der Waals surface area contributed by atoms with Crippen LogP contribution < -0.4 is 9.47 Å². The van der Waals surface area contributed by atoms with E-state index in [1.807, 2.05) is 30.3 Å². The maximum atomic E-state index is 12.4. The molecular weight excluding hydrogens is 408 g/mol. The number of hydrogen-bond acceptors (Lipinski definition) is 3. The first-order valence-corrected chi connectivity index (χ1v) is 12.1. The second-order valence-electron chi connectivity index (χ2n) is 9.66. The maximum absolute atomic E-state index is 12.4. The Bertz CT molecular complexity index is 1040. The lowest BCUT2D eigenvalue weighted by Crippen LogP contribution is -2.30. The van der Waals surface area contributed by atoms with Crippen LogP contribution in [0.4, 0.5) is 0 Å². The Hall–Kier alpha value is -3.07. The Morgan fingerprint density at radius 2 is 1.33 bits per heavy atom. The molecule has 0 heterocycles. The van der Waals surface area contributed by atoms with E-state index in [9.17, 15) is 4.79 Å². The third-order valence-electron chi connectivity index (χ3n) is 6.99. The van der Waals surface area contributed by atoms with Crippen LogP contribution in [0.15, 0.2) is 78.9 Å². The van der Waals surface area contributed by atoms with Gasteiger partial charge in [0.2, 0.25) is 0 Å². The molecule has 1 saturated carbocycles. The highest BCUT2D eigenvalue weighted by atomic mass is 16.5. The summed E-state index contributed by atoms with van der Waals surface area (Å²) in [7, 11) is 0. The quantitative estimate of drug-likeness (QED) is 0.277. The normalized spacial score (nSPS) is 15.6. The van der Waals surface area contributed by atoms with Gasteiger partial charge in [-0.25, -0.2) is 4.79 Å². The minimum absolute atomic E-state index is 0.0149. The first kappa shape index (κ1) is 23.1. The highest BCUT2D eigenvalue weighted by Crippen LogP contribution is 2.45. The van der Waals surface area contributed by atoms with Crippen molar-refractivity contribution in [3.05, 3.63) is 95.6 Å². The van der Waals surface area contributed by atoms with E-state index in [4.69, 9.17) is 9.47 Å². The molecule has 0 N–H and O–H groups in total. The molecule has 3 heteroatoms. The van der Waals surface area contributed by atoms with Gasteiger partial charge in [-0.05, 0) is 80.6 Å². The van der Waals surface area contributed by atoms with Gasteiger partial charge in [-0.3, -0.25) is 0 Å². The van der Waals surface area contributed by atoms with E-state index in [2.05, 4.69) is 57.2 Å². The molecule has 4 rings (SSSR count). The van der Waals surface area contributed by atoms with Crippen molar-refractivity contribution in [3.8, 4) is 11.5 Å². The van der Waals surface area contributed by atoms with Crippen molar-refractivity contribution in [2.45, 2.75) is 70.3 Å². The van der Waals surface area contributed by atoms with E-state index >= 15 is 0 Å². The van der Waals surface area contributed by atoms with Crippen LogP contribution in [0.25, 0.3) is 0 Å². The van der Waals surface area contributed by atoms with E-state index in [1.165, 1.54) is 30.4 Å². The number of carbonyl (C=O) groups is 1. The summed E-state index contributed by atoms with van der Waals surface area (Å²) in [5, 5.41) is 0. The summed E-state index contributed by atoms with van der Waals surface area (Å²) in [5.74, 6) is 1.16. The summed E-state index contributed by atoms with van der Waals surface area (Å²) < 4.78 is 11.8. The van der Waals surface area contributed by atoms with Gasteiger partial charge in [0.05, 0.1) is 5.56 Å². The largest absolute Gasteiger partial charge is 0.488 e. The van der Waals surface area contributed by atoms with Gasteiger partial charge < -0.3 is 9.47 Å². The summed E-state index contributed by atoms with van der Waals surface area (Å²) in [5.41, 5.74) is 2.98. The van der Waals surface area contributed by atoms with Crippen LogP contribution in [-0.2, 0) is 5.41 Å². The molecule has 0 amide bonds. The van der Waals surface area contributed by atoms with Crippen LogP contribution >= 0.6 is 0 Å². The first-order valence-electron chi connectivity index (χ1n) is 12.1. The average Bonchev–Trinajstić information content (AvgIpc) is 2.85. The van der Waals surface area contributed by atoms with E-state index in [-0.39, 0.29) is 17.0 Å². The Morgan fingerprint density at radius 3 is 1.88 bits per heavy atom. The molecule has 3 aromatic rings. The van der Waals surface area contributed by atoms with Crippen LogP contribution in [-0.4, -0.2) is 11.6 Å². The molecule has 0 saturated heterocycles. The summed E-state index contributed by atoms with van der Waals surface area (Å²) in [6.45, 7) is 6.39. The van der Waals surface area contributed by atoms with Crippen LogP contribution in [0.5, 0.6) is 11.5 Å². The summed E-state index contributed by atoms with van der Waals surface area (Å²) in [4.78, 5) is 12.4. The highest BCUT2D eigenvalue weighted by molar-refractivity contribution is 5.90. The second kappa shape index (κ2) is 9.82. The Balaban J connectivity index is 1.56.